The number of pyridine rings is 2. The van der Waals surface area contributed by atoms with E-state index in [-0.39, 0.29) is 53.0 Å². The van der Waals surface area contributed by atoms with Crippen LogP contribution in [0.1, 0.15) is 18.2 Å². The van der Waals surface area contributed by atoms with Crippen molar-refractivity contribution in [3.63, 3.8) is 0 Å². The van der Waals surface area contributed by atoms with E-state index in [2.05, 4.69) is 19.9 Å². The molecular formula is C34H34F5N7O5S. The van der Waals surface area contributed by atoms with Crippen molar-refractivity contribution >= 4 is 32.6 Å². The molecule has 0 radical (unpaired) electrons. The molecule has 0 N–H and O–H groups in total. The first-order chi connectivity index (χ1) is 24.6. The van der Waals surface area contributed by atoms with Gasteiger partial charge in [0.1, 0.15) is 17.3 Å². The zero-order chi connectivity index (χ0) is 37.5. The largest absolute Gasteiger partial charge is 0.417 e. The maximum Gasteiger partial charge on any atom is 0.417 e. The minimum Gasteiger partial charge on any atom is -0.379 e. The number of carbonyl (C=O) groups is 1. The third-order valence-corrected chi connectivity index (χ3v) is 10.1. The number of morpholine rings is 1. The summed E-state index contributed by atoms with van der Waals surface area (Å²) in [7, 11) is -4.06. The number of sulfone groups is 1. The third-order valence-electron chi connectivity index (χ3n) is 8.99. The fraction of sp³-hybridized carbons (Fsp3) is 0.382. The number of nitrogens with zero attached hydrogens (tertiary/aromatic N) is 7. The molecule has 52 heavy (non-hydrogen) atoms. The molecule has 2 aliphatic heterocycles. The molecular weight excluding hydrogens is 713 g/mol. The molecule has 0 unspecified atom stereocenters. The summed E-state index contributed by atoms with van der Waals surface area (Å²) in [5.41, 5.74) is -5.64. The minimum absolute atomic E-state index is 0.0117. The zero-order valence-corrected chi connectivity index (χ0v) is 29.1. The van der Waals surface area contributed by atoms with E-state index in [0.29, 0.717) is 31.9 Å². The van der Waals surface area contributed by atoms with Crippen molar-refractivity contribution in [1.82, 2.24) is 29.3 Å². The van der Waals surface area contributed by atoms with Gasteiger partial charge in [0.05, 0.1) is 46.0 Å². The number of amides is 1. The minimum atomic E-state index is -5.11. The molecule has 6 rings (SSSR count). The van der Waals surface area contributed by atoms with Gasteiger partial charge in [0.2, 0.25) is 5.91 Å². The normalized spacial score (nSPS) is 17.7. The smallest absolute Gasteiger partial charge is 0.379 e. The number of alkyl halides is 3. The van der Waals surface area contributed by atoms with Crippen LogP contribution in [-0.2, 0) is 25.5 Å². The monoisotopic (exact) mass is 747 g/mol. The fourth-order valence-corrected chi connectivity index (χ4v) is 7.37. The highest BCUT2D eigenvalue weighted by molar-refractivity contribution is 7.90. The molecule has 4 aromatic rings. The Kier molecular flexibility index (Phi) is 10.2. The molecule has 2 aliphatic rings. The Hall–Kier alpha value is -4.81. The van der Waals surface area contributed by atoms with Crippen molar-refractivity contribution < 1.29 is 39.9 Å². The van der Waals surface area contributed by atoms with Crippen molar-refractivity contribution in [3.05, 3.63) is 82.1 Å². The number of ether oxygens (including phenoxy) is 1. The summed E-state index contributed by atoms with van der Waals surface area (Å²) in [4.78, 5) is 44.6. The number of hydrogen-bond donors (Lipinski definition) is 0. The maximum absolute atomic E-state index is 16.1. The van der Waals surface area contributed by atoms with E-state index in [1.54, 1.807) is 22.8 Å². The molecule has 0 saturated carbocycles. The summed E-state index contributed by atoms with van der Waals surface area (Å²) >= 11 is 0. The first-order valence-electron chi connectivity index (χ1n) is 16.2. The number of fused-ring (bicyclic) bond motifs is 1. The predicted octanol–water partition coefficient (Wildman–Crippen LogP) is 3.78. The lowest BCUT2D eigenvalue weighted by Gasteiger charge is -2.40. The molecule has 3 aromatic heterocycles. The molecule has 2 fully saturated rings. The zero-order valence-electron chi connectivity index (χ0n) is 28.3. The van der Waals surface area contributed by atoms with Gasteiger partial charge in [0, 0.05) is 63.8 Å². The van der Waals surface area contributed by atoms with E-state index in [1.165, 1.54) is 19.2 Å². The highest BCUT2D eigenvalue weighted by Crippen LogP contribution is 2.40. The van der Waals surface area contributed by atoms with Crippen LogP contribution in [0.4, 0.5) is 27.8 Å². The number of halogens is 5. The van der Waals surface area contributed by atoms with E-state index < -0.39 is 61.8 Å². The van der Waals surface area contributed by atoms with Crippen molar-refractivity contribution in [2.75, 3.05) is 63.6 Å². The number of aromatic nitrogens is 4. The van der Waals surface area contributed by atoms with Crippen LogP contribution in [0.15, 0.2) is 58.4 Å². The van der Waals surface area contributed by atoms with Crippen molar-refractivity contribution in [2.45, 2.75) is 31.0 Å². The van der Waals surface area contributed by atoms with Crippen LogP contribution in [0.25, 0.3) is 28.0 Å². The number of rotatable bonds is 7. The van der Waals surface area contributed by atoms with E-state index in [9.17, 15) is 31.2 Å². The molecule has 276 valence electrons. The van der Waals surface area contributed by atoms with Crippen molar-refractivity contribution in [2.24, 2.45) is 0 Å². The van der Waals surface area contributed by atoms with Crippen LogP contribution in [0.2, 0.25) is 0 Å². The molecule has 2 saturated heterocycles. The van der Waals surface area contributed by atoms with Gasteiger partial charge in [0.15, 0.2) is 21.3 Å². The topological polar surface area (TPSA) is 131 Å². The second-order valence-electron chi connectivity index (χ2n) is 12.6. The lowest BCUT2D eigenvalue weighted by Crippen LogP contribution is -2.54. The maximum atomic E-state index is 16.1. The first-order valence-corrected chi connectivity index (χ1v) is 18.1. The molecule has 18 heteroatoms. The Morgan fingerprint density at radius 3 is 2.46 bits per heavy atom. The average Bonchev–Trinajstić information content (AvgIpc) is 3.08. The number of piperazine rings is 1. The Morgan fingerprint density at radius 1 is 1.06 bits per heavy atom. The number of benzene rings is 1. The van der Waals surface area contributed by atoms with Gasteiger partial charge in [-0.15, -0.1) is 0 Å². The second-order valence-corrected chi connectivity index (χ2v) is 14.5. The number of anilines is 1. The van der Waals surface area contributed by atoms with Crippen molar-refractivity contribution in [1.29, 1.82) is 0 Å². The van der Waals surface area contributed by atoms with Gasteiger partial charge in [0.25, 0.3) is 0 Å². The lowest BCUT2D eigenvalue weighted by molar-refractivity contribution is -0.137. The Balaban J connectivity index is 1.48. The Bertz CT molecular complexity index is 2240. The SMILES string of the molecule is Cc1nccc(S(C)(=O)=O)c1-n1c(=O)nc(N2CCN(C(=O)/C=C/CN3CCOCC3)C[C@@H]2C)c2cc(F)c(-c3c(F)cccc3C(F)(F)F)nc21. The standard InChI is InChI=1S/C34H34F5N7O5S/c1-20-19-44(27(47)8-5-11-43-14-16-51-17-15-43)12-13-45(20)31-22-18-25(36)29(28-23(34(37,38)39)6-4-7-24(28)35)41-32(22)46(33(48)42-31)30-21(2)40-10-9-26(30)52(3,49)50/h4-10,18,20H,11-17,19H2,1-3H3/b8-5+/t20-/m0/s1. The summed E-state index contributed by atoms with van der Waals surface area (Å²) in [6, 6.07) is 3.53. The van der Waals surface area contributed by atoms with E-state index in [0.717, 1.165) is 42.1 Å². The fourth-order valence-electron chi connectivity index (χ4n) is 6.47. The molecule has 12 nitrogen and oxygen atoms in total. The molecule has 1 amide bonds. The Labute approximate surface area is 295 Å². The van der Waals surface area contributed by atoms with Gasteiger partial charge in [-0.05, 0) is 38.1 Å². The average molecular weight is 748 g/mol. The Morgan fingerprint density at radius 2 is 1.79 bits per heavy atom. The third kappa shape index (κ3) is 7.27. The van der Waals surface area contributed by atoms with E-state index in [1.807, 2.05) is 0 Å². The summed E-state index contributed by atoms with van der Waals surface area (Å²) in [6.45, 7) is 6.93. The summed E-state index contributed by atoms with van der Waals surface area (Å²) in [5.74, 6) is -3.12. The van der Waals surface area contributed by atoms with Gasteiger partial charge in [-0.1, -0.05) is 12.1 Å². The van der Waals surface area contributed by atoms with Gasteiger partial charge < -0.3 is 14.5 Å². The summed E-state index contributed by atoms with van der Waals surface area (Å²) < 4.78 is 105. The lowest BCUT2D eigenvalue weighted by atomic mass is 10.0. The second kappa shape index (κ2) is 14.3. The highest BCUT2D eigenvalue weighted by Gasteiger charge is 2.37. The first kappa shape index (κ1) is 37.0. The van der Waals surface area contributed by atoms with E-state index >= 15 is 8.78 Å². The van der Waals surface area contributed by atoms with E-state index in [4.69, 9.17) is 4.74 Å². The molecule has 5 heterocycles. The number of aryl methyl sites for hydroxylation is 1. The van der Waals surface area contributed by atoms with Gasteiger partial charge in [-0.2, -0.15) is 18.2 Å². The van der Waals surface area contributed by atoms with Gasteiger partial charge in [-0.25, -0.2) is 31.5 Å². The molecule has 1 atom stereocenters. The van der Waals surface area contributed by atoms with Crippen LogP contribution in [-0.4, -0.2) is 108 Å². The number of hydrogen-bond acceptors (Lipinski definition) is 10. The van der Waals surface area contributed by atoms with Crippen molar-refractivity contribution in [3.8, 4) is 16.9 Å². The number of carbonyl (C=O) groups excluding carboxylic acids is 1. The van der Waals surface area contributed by atoms with Crippen LogP contribution < -0.4 is 10.6 Å². The van der Waals surface area contributed by atoms with Crippen LogP contribution in [0, 0.1) is 18.6 Å². The summed E-state index contributed by atoms with van der Waals surface area (Å²) in [6.07, 6.45) is 0.223. The van der Waals surface area contributed by atoms with Crippen LogP contribution in [0.3, 0.4) is 0 Å². The molecule has 0 aliphatic carbocycles. The molecule has 1 aromatic carbocycles. The molecule has 0 spiro atoms. The summed E-state index contributed by atoms with van der Waals surface area (Å²) in [5, 5.41) is -0.175. The van der Waals surface area contributed by atoms with Crippen LogP contribution in [0.5, 0.6) is 0 Å². The van der Waals surface area contributed by atoms with Crippen LogP contribution >= 0.6 is 0 Å². The predicted molar refractivity (Wildman–Crippen MR) is 181 cm³/mol. The highest BCUT2D eigenvalue weighted by atomic mass is 32.2. The van der Waals surface area contributed by atoms with Gasteiger partial charge >= 0.3 is 11.9 Å². The quantitative estimate of drug-likeness (QED) is 0.204. The van der Waals surface area contributed by atoms with Gasteiger partial charge in [-0.3, -0.25) is 14.7 Å². The molecule has 0 bridgehead atoms.